The maximum atomic E-state index is 11.8. The van der Waals surface area contributed by atoms with Crippen LogP contribution in [0.25, 0.3) is 0 Å². The Kier molecular flexibility index (Phi) is 4.76. The number of carbonyl (C=O) groups excluding carboxylic acids is 2. The monoisotopic (exact) mass is 268 g/mol. The molecular formula is C13H24N4O2. The zero-order chi connectivity index (χ0) is 13.8. The van der Waals surface area contributed by atoms with E-state index in [1.54, 1.807) is 0 Å². The fraction of sp³-hybridized carbons (Fsp3) is 0.846. The Morgan fingerprint density at radius 2 is 2.16 bits per heavy atom. The number of hydrogen-bond donors (Lipinski definition) is 3. The highest BCUT2D eigenvalue weighted by molar-refractivity contribution is 5.95. The number of carbonyl (C=O) groups is 2. The molecule has 2 rings (SSSR count). The molecule has 0 spiro atoms. The van der Waals surface area contributed by atoms with Crippen molar-refractivity contribution in [3.05, 3.63) is 0 Å². The Morgan fingerprint density at radius 3 is 2.84 bits per heavy atom. The average molecular weight is 268 g/mol. The van der Waals surface area contributed by atoms with Crippen molar-refractivity contribution in [2.45, 2.75) is 38.8 Å². The van der Waals surface area contributed by atoms with Crippen LogP contribution in [0.15, 0.2) is 0 Å². The Labute approximate surface area is 114 Å². The topological polar surface area (TPSA) is 73.5 Å². The van der Waals surface area contributed by atoms with Crippen molar-refractivity contribution in [1.29, 1.82) is 0 Å². The van der Waals surface area contributed by atoms with E-state index in [4.69, 9.17) is 0 Å². The zero-order valence-corrected chi connectivity index (χ0v) is 11.7. The van der Waals surface area contributed by atoms with Gasteiger partial charge in [-0.15, -0.1) is 0 Å². The molecule has 6 nitrogen and oxygen atoms in total. The minimum absolute atomic E-state index is 0.0339. The molecule has 0 unspecified atom stereocenters. The molecule has 0 bridgehead atoms. The summed E-state index contributed by atoms with van der Waals surface area (Å²) in [6, 6.07) is 0.146. The van der Waals surface area contributed by atoms with Crippen molar-refractivity contribution >= 4 is 11.9 Å². The van der Waals surface area contributed by atoms with Gasteiger partial charge in [-0.05, 0) is 39.2 Å². The fourth-order valence-electron chi connectivity index (χ4n) is 2.93. The molecule has 108 valence electrons. The summed E-state index contributed by atoms with van der Waals surface area (Å²) in [4.78, 5) is 25.3. The molecule has 0 aliphatic carbocycles. The quantitative estimate of drug-likeness (QED) is 0.668. The van der Waals surface area contributed by atoms with Gasteiger partial charge in [-0.3, -0.25) is 15.0 Å². The van der Waals surface area contributed by atoms with Gasteiger partial charge >= 0.3 is 6.03 Å². The van der Waals surface area contributed by atoms with Crippen molar-refractivity contribution in [2.75, 3.05) is 26.2 Å². The molecule has 19 heavy (non-hydrogen) atoms. The number of amides is 3. The van der Waals surface area contributed by atoms with Crippen LogP contribution >= 0.6 is 0 Å². The number of piperidine rings is 1. The van der Waals surface area contributed by atoms with E-state index in [0.29, 0.717) is 18.5 Å². The first-order chi connectivity index (χ1) is 9.04. The second kappa shape index (κ2) is 6.34. The molecule has 2 fully saturated rings. The summed E-state index contributed by atoms with van der Waals surface area (Å²) in [5.41, 5.74) is 0. The fourth-order valence-corrected chi connectivity index (χ4v) is 2.93. The minimum Gasteiger partial charge on any atom is -0.336 e. The van der Waals surface area contributed by atoms with Gasteiger partial charge in [0.25, 0.3) is 0 Å². The molecule has 0 aromatic rings. The van der Waals surface area contributed by atoms with Crippen LogP contribution in [0.2, 0.25) is 0 Å². The second-order valence-electron chi connectivity index (χ2n) is 5.83. The van der Waals surface area contributed by atoms with Gasteiger partial charge in [-0.1, -0.05) is 0 Å². The average Bonchev–Trinajstić information content (AvgIpc) is 2.68. The van der Waals surface area contributed by atoms with Crippen LogP contribution in [0.1, 0.15) is 26.7 Å². The first kappa shape index (κ1) is 14.3. The van der Waals surface area contributed by atoms with E-state index in [2.05, 4.69) is 20.9 Å². The van der Waals surface area contributed by atoms with Crippen LogP contribution in [0.3, 0.4) is 0 Å². The summed E-state index contributed by atoms with van der Waals surface area (Å²) in [5.74, 6) is 0.433. The van der Waals surface area contributed by atoms with Crippen LogP contribution in [-0.2, 0) is 4.79 Å². The summed E-state index contributed by atoms with van der Waals surface area (Å²) in [6.07, 6.45) is 2.46. The van der Waals surface area contributed by atoms with E-state index in [1.807, 2.05) is 13.8 Å². The van der Waals surface area contributed by atoms with Crippen LogP contribution in [-0.4, -0.2) is 55.1 Å². The Bertz CT molecular complexity index is 332. The Balaban J connectivity index is 1.72. The molecular weight excluding hydrogens is 244 g/mol. The molecule has 2 aliphatic rings. The van der Waals surface area contributed by atoms with E-state index < -0.39 is 6.03 Å². The molecule has 3 N–H and O–H groups in total. The molecule has 3 amide bonds. The third-order valence-electron chi connectivity index (χ3n) is 3.71. The largest absolute Gasteiger partial charge is 0.336 e. The van der Waals surface area contributed by atoms with Crippen molar-refractivity contribution in [1.82, 2.24) is 20.9 Å². The highest BCUT2D eigenvalue weighted by atomic mass is 16.2. The highest BCUT2D eigenvalue weighted by Crippen LogP contribution is 2.24. The van der Waals surface area contributed by atoms with Crippen molar-refractivity contribution < 1.29 is 9.59 Å². The maximum absolute atomic E-state index is 11.8. The molecule has 0 aromatic heterocycles. The normalized spacial score (nSPS) is 27.1. The molecule has 0 saturated carbocycles. The zero-order valence-electron chi connectivity index (χ0n) is 11.7. The van der Waals surface area contributed by atoms with Crippen LogP contribution < -0.4 is 16.0 Å². The number of nitrogens with zero attached hydrogens (tertiary/aromatic N) is 1. The van der Waals surface area contributed by atoms with Gasteiger partial charge < -0.3 is 10.6 Å². The summed E-state index contributed by atoms with van der Waals surface area (Å²) >= 11 is 0. The number of fused-ring (bicyclic) bond motifs is 1. The Hall–Kier alpha value is -1.14. The number of likely N-dealkylation sites (tertiary alicyclic amines) is 1. The first-order valence-corrected chi connectivity index (χ1v) is 7.10. The summed E-state index contributed by atoms with van der Waals surface area (Å²) in [5, 5.41) is 8.51. The van der Waals surface area contributed by atoms with Crippen LogP contribution in [0.5, 0.6) is 0 Å². The van der Waals surface area contributed by atoms with Gasteiger partial charge in [0.1, 0.15) is 0 Å². The van der Waals surface area contributed by atoms with E-state index >= 15 is 0 Å². The molecule has 0 aromatic carbocycles. The standard InChI is InChI=1S/C13H24N4O2/c1-9(2)15-13(19)16-12(18)8-17-6-10-4-3-5-14-11(10)7-17/h9-11,14H,3-8H2,1-2H3,(H2,15,16,18,19)/t10-,11+/m0/s1. The van der Waals surface area contributed by atoms with E-state index in [1.165, 1.54) is 12.8 Å². The lowest BCUT2D eigenvalue weighted by atomic mass is 9.94. The minimum atomic E-state index is -0.408. The molecule has 2 atom stereocenters. The summed E-state index contributed by atoms with van der Waals surface area (Å²) in [7, 11) is 0. The third-order valence-corrected chi connectivity index (χ3v) is 3.71. The van der Waals surface area contributed by atoms with Gasteiger partial charge in [0.2, 0.25) is 5.91 Å². The molecule has 0 radical (unpaired) electrons. The number of nitrogens with one attached hydrogen (secondary N) is 3. The predicted molar refractivity (Wildman–Crippen MR) is 72.8 cm³/mol. The van der Waals surface area contributed by atoms with Gasteiger partial charge in [0, 0.05) is 25.2 Å². The third kappa shape index (κ3) is 4.18. The van der Waals surface area contributed by atoms with Gasteiger partial charge in [0.15, 0.2) is 0 Å². The van der Waals surface area contributed by atoms with Crippen molar-refractivity contribution in [3.63, 3.8) is 0 Å². The van der Waals surface area contributed by atoms with E-state index in [-0.39, 0.29) is 11.9 Å². The maximum Gasteiger partial charge on any atom is 0.321 e. The molecule has 2 saturated heterocycles. The Morgan fingerprint density at radius 1 is 1.37 bits per heavy atom. The molecule has 2 aliphatic heterocycles. The SMILES string of the molecule is CC(C)NC(=O)NC(=O)CN1C[C@@H]2CCCN[C@@H]2C1. The number of urea groups is 1. The number of imide groups is 1. The van der Waals surface area contributed by atoms with Gasteiger partial charge in [-0.2, -0.15) is 0 Å². The number of rotatable bonds is 3. The first-order valence-electron chi connectivity index (χ1n) is 7.10. The predicted octanol–water partition coefficient (Wildman–Crippen LogP) is -0.0956. The van der Waals surface area contributed by atoms with Crippen LogP contribution in [0.4, 0.5) is 4.79 Å². The van der Waals surface area contributed by atoms with Crippen molar-refractivity contribution in [3.8, 4) is 0 Å². The second-order valence-corrected chi connectivity index (χ2v) is 5.83. The highest BCUT2D eigenvalue weighted by Gasteiger charge is 2.34. The van der Waals surface area contributed by atoms with E-state index in [0.717, 1.165) is 19.6 Å². The van der Waals surface area contributed by atoms with Crippen molar-refractivity contribution in [2.24, 2.45) is 5.92 Å². The van der Waals surface area contributed by atoms with E-state index in [9.17, 15) is 9.59 Å². The van der Waals surface area contributed by atoms with Crippen LogP contribution in [0, 0.1) is 5.92 Å². The van der Waals surface area contributed by atoms with Gasteiger partial charge in [-0.25, -0.2) is 4.79 Å². The number of hydrogen-bond acceptors (Lipinski definition) is 4. The smallest absolute Gasteiger partial charge is 0.321 e. The summed E-state index contributed by atoms with van der Waals surface area (Å²) in [6.45, 7) is 6.97. The lowest BCUT2D eigenvalue weighted by Crippen LogP contribution is -2.46. The van der Waals surface area contributed by atoms with Gasteiger partial charge in [0.05, 0.1) is 6.54 Å². The summed E-state index contributed by atoms with van der Waals surface area (Å²) < 4.78 is 0. The molecule has 2 heterocycles. The lowest BCUT2D eigenvalue weighted by Gasteiger charge is -2.24. The lowest BCUT2D eigenvalue weighted by molar-refractivity contribution is -0.120. The molecule has 6 heteroatoms.